The number of halogens is 3. The van der Waals surface area contributed by atoms with E-state index in [1.165, 1.54) is 24.4 Å². The average Bonchev–Trinajstić information content (AvgIpc) is 3.06. The van der Waals surface area contributed by atoms with Crippen LogP contribution < -0.4 is 5.32 Å². The normalized spacial score (nSPS) is 21.4. The topological polar surface area (TPSA) is 63.1 Å². The number of rotatable bonds is 2. The number of alkyl halides is 3. The second-order valence-electron chi connectivity index (χ2n) is 6.05. The van der Waals surface area contributed by atoms with E-state index >= 15 is 0 Å². The molecule has 1 aromatic heterocycles. The zero-order valence-electron chi connectivity index (χ0n) is 13.8. The van der Waals surface area contributed by atoms with Crippen LogP contribution in [0.3, 0.4) is 0 Å². The van der Waals surface area contributed by atoms with Gasteiger partial charge in [-0.05, 0) is 26.0 Å². The summed E-state index contributed by atoms with van der Waals surface area (Å²) in [6.45, 7) is 5.05. The van der Waals surface area contributed by atoms with Crippen LogP contribution in [0.4, 0.5) is 13.2 Å². The van der Waals surface area contributed by atoms with Crippen molar-refractivity contribution >= 4 is 5.91 Å². The van der Waals surface area contributed by atoms with Crippen LogP contribution in [0.25, 0.3) is 5.69 Å². The molecule has 0 saturated carbocycles. The van der Waals surface area contributed by atoms with Crippen LogP contribution in [0.5, 0.6) is 0 Å². The predicted molar refractivity (Wildman–Crippen MR) is 84.3 cm³/mol. The van der Waals surface area contributed by atoms with Crippen LogP contribution in [-0.2, 0) is 6.18 Å². The Morgan fingerprint density at radius 2 is 2.00 bits per heavy atom. The number of nitrogens with one attached hydrogen (secondary N) is 1. The summed E-state index contributed by atoms with van der Waals surface area (Å²) in [7, 11) is 0. The fraction of sp³-hybridized carbons (Fsp3) is 0.438. The molecule has 2 aromatic rings. The number of nitrogens with zero attached hydrogens (tertiary/aromatic N) is 4. The summed E-state index contributed by atoms with van der Waals surface area (Å²) in [5, 5.41) is 10.8. The molecule has 1 aromatic carbocycles. The molecule has 2 atom stereocenters. The first-order valence-corrected chi connectivity index (χ1v) is 7.92. The van der Waals surface area contributed by atoms with Crippen molar-refractivity contribution < 1.29 is 18.0 Å². The minimum absolute atomic E-state index is 0.0259. The summed E-state index contributed by atoms with van der Waals surface area (Å²) < 4.78 is 40.4. The van der Waals surface area contributed by atoms with Gasteiger partial charge in [-0.1, -0.05) is 17.3 Å². The standard InChI is InChI=1S/C16H18F3N5O/c1-10-11(2)23(8-7-20-10)15(25)13-9-24(22-21-13)14-6-4-3-5-12(14)16(17,18)19/h3-6,9-11,20H,7-8H2,1-2H3. The molecule has 0 spiro atoms. The molecule has 6 nitrogen and oxygen atoms in total. The molecule has 25 heavy (non-hydrogen) atoms. The molecule has 1 N–H and O–H groups in total. The average molecular weight is 353 g/mol. The molecule has 0 radical (unpaired) electrons. The Balaban J connectivity index is 1.90. The number of hydrogen-bond acceptors (Lipinski definition) is 4. The van der Waals surface area contributed by atoms with Crippen LogP contribution in [0.2, 0.25) is 0 Å². The van der Waals surface area contributed by atoms with Crippen molar-refractivity contribution in [2.45, 2.75) is 32.1 Å². The lowest BCUT2D eigenvalue weighted by atomic mass is 10.1. The summed E-state index contributed by atoms with van der Waals surface area (Å²) in [5.74, 6) is -0.336. The first-order chi connectivity index (χ1) is 11.8. The van der Waals surface area contributed by atoms with Crippen molar-refractivity contribution in [1.82, 2.24) is 25.2 Å². The van der Waals surface area contributed by atoms with E-state index in [9.17, 15) is 18.0 Å². The van der Waals surface area contributed by atoms with Crippen molar-refractivity contribution in [3.05, 3.63) is 41.7 Å². The summed E-state index contributed by atoms with van der Waals surface area (Å²) in [5.41, 5.74) is -0.968. The second kappa shape index (κ2) is 6.47. The zero-order chi connectivity index (χ0) is 18.2. The van der Waals surface area contributed by atoms with Gasteiger partial charge in [-0.3, -0.25) is 4.79 Å². The number of benzene rings is 1. The molecule has 1 amide bonds. The molecule has 2 heterocycles. The minimum atomic E-state index is -4.52. The number of hydrogen-bond donors (Lipinski definition) is 1. The molecular formula is C16H18F3N5O. The molecule has 2 unspecified atom stereocenters. The van der Waals surface area contributed by atoms with Gasteiger partial charge < -0.3 is 10.2 Å². The third kappa shape index (κ3) is 3.37. The van der Waals surface area contributed by atoms with Crippen LogP contribution in [-0.4, -0.2) is 51.0 Å². The fourth-order valence-electron chi connectivity index (χ4n) is 2.88. The molecule has 1 aliphatic rings. The summed E-state index contributed by atoms with van der Waals surface area (Å²) in [6.07, 6.45) is -3.28. The van der Waals surface area contributed by atoms with Crippen LogP contribution in [0.15, 0.2) is 30.5 Å². The highest BCUT2D eigenvalue weighted by molar-refractivity contribution is 5.92. The van der Waals surface area contributed by atoms with E-state index in [1.54, 1.807) is 4.90 Å². The van der Waals surface area contributed by atoms with Gasteiger partial charge in [0.15, 0.2) is 5.69 Å². The van der Waals surface area contributed by atoms with E-state index in [4.69, 9.17) is 0 Å². The van der Waals surface area contributed by atoms with E-state index in [0.717, 1.165) is 10.7 Å². The number of piperazine rings is 1. The number of aromatic nitrogens is 3. The number of para-hydroxylation sites is 1. The van der Waals surface area contributed by atoms with Crippen LogP contribution in [0.1, 0.15) is 29.9 Å². The lowest BCUT2D eigenvalue weighted by Gasteiger charge is -2.38. The number of carbonyl (C=O) groups is 1. The van der Waals surface area contributed by atoms with Crippen LogP contribution in [0, 0.1) is 0 Å². The second-order valence-corrected chi connectivity index (χ2v) is 6.05. The minimum Gasteiger partial charge on any atom is -0.332 e. The third-order valence-electron chi connectivity index (χ3n) is 4.46. The Kier molecular flexibility index (Phi) is 4.51. The van der Waals surface area contributed by atoms with Crippen molar-refractivity contribution in [2.24, 2.45) is 0 Å². The van der Waals surface area contributed by atoms with Gasteiger partial charge in [0.2, 0.25) is 0 Å². The quantitative estimate of drug-likeness (QED) is 0.898. The maximum atomic E-state index is 13.1. The number of amides is 1. The van der Waals surface area contributed by atoms with Crippen molar-refractivity contribution in [1.29, 1.82) is 0 Å². The van der Waals surface area contributed by atoms with Crippen molar-refractivity contribution in [2.75, 3.05) is 13.1 Å². The third-order valence-corrected chi connectivity index (χ3v) is 4.46. The first-order valence-electron chi connectivity index (χ1n) is 7.92. The largest absolute Gasteiger partial charge is 0.418 e. The van der Waals surface area contributed by atoms with Gasteiger partial charge in [-0.2, -0.15) is 13.2 Å². The van der Waals surface area contributed by atoms with E-state index in [2.05, 4.69) is 15.6 Å². The zero-order valence-corrected chi connectivity index (χ0v) is 13.8. The molecule has 1 aliphatic heterocycles. The summed E-state index contributed by atoms with van der Waals surface area (Å²) in [4.78, 5) is 14.3. The van der Waals surface area contributed by atoms with Crippen molar-refractivity contribution in [3.63, 3.8) is 0 Å². The molecule has 1 saturated heterocycles. The van der Waals surface area contributed by atoms with Gasteiger partial charge in [-0.25, -0.2) is 4.68 Å². The lowest BCUT2D eigenvalue weighted by molar-refractivity contribution is -0.137. The molecule has 3 rings (SSSR count). The molecule has 9 heteroatoms. The molecule has 0 bridgehead atoms. The molecule has 0 aliphatic carbocycles. The first kappa shape index (κ1) is 17.4. The van der Waals surface area contributed by atoms with Gasteiger partial charge in [0.1, 0.15) is 0 Å². The molecular weight excluding hydrogens is 335 g/mol. The Labute approximate surface area is 142 Å². The maximum absolute atomic E-state index is 13.1. The van der Waals surface area contributed by atoms with Gasteiger partial charge >= 0.3 is 6.18 Å². The smallest absolute Gasteiger partial charge is 0.332 e. The van der Waals surface area contributed by atoms with Crippen LogP contribution >= 0.6 is 0 Å². The van der Waals surface area contributed by atoms with Gasteiger partial charge in [0.05, 0.1) is 17.4 Å². The molecule has 1 fully saturated rings. The highest BCUT2D eigenvalue weighted by Gasteiger charge is 2.35. The van der Waals surface area contributed by atoms with Crippen molar-refractivity contribution in [3.8, 4) is 5.69 Å². The SMILES string of the molecule is CC1NCCN(C(=O)c2cn(-c3ccccc3C(F)(F)F)nn2)C1C. The highest BCUT2D eigenvalue weighted by atomic mass is 19.4. The Bertz CT molecular complexity index is 773. The van der Waals surface area contributed by atoms with E-state index in [-0.39, 0.29) is 29.4 Å². The van der Waals surface area contributed by atoms with Gasteiger partial charge in [-0.15, -0.1) is 5.10 Å². The monoisotopic (exact) mass is 353 g/mol. The Morgan fingerprint density at radius 1 is 1.28 bits per heavy atom. The summed E-state index contributed by atoms with van der Waals surface area (Å²) in [6, 6.07) is 5.12. The predicted octanol–water partition coefficient (Wildman–Crippen LogP) is 2.11. The Morgan fingerprint density at radius 3 is 2.72 bits per heavy atom. The summed E-state index contributed by atoms with van der Waals surface area (Å²) >= 11 is 0. The van der Waals surface area contributed by atoms with Gasteiger partial charge in [0.25, 0.3) is 5.91 Å². The van der Waals surface area contributed by atoms with E-state index < -0.39 is 11.7 Å². The van der Waals surface area contributed by atoms with Gasteiger partial charge in [0, 0.05) is 25.2 Å². The lowest BCUT2D eigenvalue weighted by Crippen LogP contribution is -2.57. The molecule has 134 valence electrons. The van der Waals surface area contributed by atoms with E-state index in [1.807, 2.05) is 13.8 Å². The fourth-order valence-corrected chi connectivity index (χ4v) is 2.88. The highest BCUT2D eigenvalue weighted by Crippen LogP contribution is 2.33. The number of carbonyl (C=O) groups excluding carboxylic acids is 1. The Hall–Kier alpha value is -2.42. The maximum Gasteiger partial charge on any atom is 0.418 e. The van der Waals surface area contributed by atoms with E-state index in [0.29, 0.717) is 13.1 Å².